The molecule has 7 heteroatoms. The summed E-state index contributed by atoms with van der Waals surface area (Å²) in [5, 5.41) is 3.92. The fourth-order valence-corrected chi connectivity index (χ4v) is 3.11. The molecule has 6 nitrogen and oxygen atoms in total. The quantitative estimate of drug-likeness (QED) is 0.685. The Morgan fingerprint density at radius 1 is 1.33 bits per heavy atom. The van der Waals surface area contributed by atoms with Crippen molar-refractivity contribution in [2.75, 3.05) is 13.7 Å². The molecule has 3 rings (SSSR count). The van der Waals surface area contributed by atoms with E-state index in [0.717, 1.165) is 12.0 Å². The van der Waals surface area contributed by atoms with E-state index in [1.54, 1.807) is 7.11 Å². The Bertz CT molecular complexity index is 946. The van der Waals surface area contributed by atoms with Gasteiger partial charge in [-0.3, -0.25) is 4.79 Å². The summed E-state index contributed by atoms with van der Waals surface area (Å²) in [6.07, 6.45) is 4.17. The Morgan fingerprint density at radius 2 is 2.17 bits per heavy atom. The van der Waals surface area contributed by atoms with Gasteiger partial charge in [0.05, 0.1) is 18.2 Å². The molecule has 24 heavy (non-hydrogen) atoms. The first-order chi connectivity index (χ1) is 11.6. The predicted molar refractivity (Wildman–Crippen MR) is 93.9 cm³/mol. The van der Waals surface area contributed by atoms with Crippen molar-refractivity contribution in [3.63, 3.8) is 0 Å². The Hall–Kier alpha value is -2.41. The monoisotopic (exact) mass is 345 g/mol. The van der Waals surface area contributed by atoms with Crippen LogP contribution in [0.4, 0.5) is 0 Å². The number of hydrogen-bond donors (Lipinski definition) is 0. The first-order valence-electron chi connectivity index (χ1n) is 7.73. The number of hydrogen-bond acceptors (Lipinski definition) is 6. The third-order valence-electron chi connectivity index (χ3n) is 3.56. The molecule has 0 spiro atoms. The molecule has 0 fully saturated rings. The van der Waals surface area contributed by atoms with Crippen LogP contribution in [0.5, 0.6) is 11.5 Å². The molecule has 0 aliphatic rings. The first kappa shape index (κ1) is 16.4. The molecule has 0 bridgehead atoms. The van der Waals surface area contributed by atoms with Crippen LogP contribution in [-0.2, 0) is 0 Å². The number of fused-ring (bicyclic) bond motifs is 1. The Labute approximate surface area is 143 Å². The molecular formula is C17H19N3O3S. The molecule has 0 aliphatic heterocycles. The van der Waals surface area contributed by atoms with Gasteiger partial charge in [-0.25, -0.2) is 4.98 Å². The summed E-state index contributed by atoms with van der Waals surface area (Å²) in [6, 6.07) is 5.63. The molecule has 0 N–H and O–H groups in total. The van der Waals surface area contributed by atoms with E-state index < -0.39 is 0 Å². The van der Waals surface area contributed by atoms with E-state index >= 15 is 0 Å². The van der Waals surface area contributed by atoms with Crippen molar-refractivity contribution in [2.24, 2.45) is 5.92 Å². The Kier molecular flexibility index (Phi) is 4.80. The first-order valence-corrected chi connectivity index (χ1v) is 8.55. The molecule has 0 radical (unpaired) electrons. The van der Waals surface area contributed by atoms with Crippen LogP contribution in [-0.4, -0.2) is 28.3 Å². The molecule has 0 atom stereocenters. The van der Waals surface area contributed by atoms with Gasteiger partial charge in [0.15, 0.2) is 11.5 Å². The smallest absolute Gasteiger partial charge is 0.291 e. The fraction of sp³-hybridized carbons (Fsp3) is 0.353. The van der Waals surface area contributed by atoms with Crippen molar-refractivity contribution < 1.29 is 9.47 Å². The molecule has 1 aromatic carbocycles. The third kappa shape index (κ3) is 3.41. The second-order valence-electron chi connectivity index (χ2n) is 5.81. The van der Waals surface area contributed by atoms with Crippen LogP contribution < -0.4 is 19.6 Å². The second-order valence-corrected chi connectivity index (χ2v) is 6.82. The van der Waals surface area contributed by atoms with Crippen molar-refractivity contribution in [2.45, 2.75) is 20.3 Å². The molecule has 0 saturated carbocycles. The predicted octanol–water partition coefficient (Wildman–Crippen LogP) is 2.13. The van der Waals surface area contributed by atoms with Gasteiger partial charge in [0.1, 0.15) is 6.33 Å². The van der Waals surface area contributed by atoms with E-state index in [1.807, 2.05) is 24.3 Å². The van der Waals surface area contributed by atoms with Crippen LogP contribution in [0.3, 0.4) is 0 Å². The lowest BCUT2D eigenvalue weighted by Crippen LogP contribution is -2.23. The van der Waals surface area contributed by atoms with Gasteiger partial charge in [0.25, 0.3) is 5.56 Å². The molecule has 0 saturated heterocycles. The molecule has 2 aromatic heterocycles. The number of benzene rings is 1. The third-order valence-corrected chi connectivity index (χ3v) is 4.53. The molecule has 0 aliphatic carbocycles. The van der Waals surface area contributed by atoms with Crippen molar-refractivity contribution >= 4 is 22.4 Å². The lowest BCUT2D eigenvalue weighted by atomic mass is 10.1. The molecule has 2 heterocycles. The normalized spacial score (nSPS) is 12.2. The van der Waals surface area contributed by atoms with Crippen LogP contribution in [0.25, 0.3) is 11.0 Å². The van der Waals surface area contributed by atoms with Crippen LogP contribution >= 0.6 is 11.3 Å². The average molecular weight is 345 g/mol. The summed E-state index contributed by atoms with van der Waals surface area (Å²) in [7, 11) is 1.61. The standard InChI is InChI=1S/C17H19N3O3S/c1-11(2)6-7-23-13-5-4-12(8-14(13)22-3)9-15-16(21)20-17(24-15)18-10-19-20/h4-5,8-11H,6-7H2,1-3H3. The van der Waals surface area contributed by atoms with Crippen LogP contribution in [0.15, 0.2) is 29.3 Å². The summed E-state index contributed by atoms with van der Waals surface area (Å²) in [4.78, 5) is 16.8. The van der Waals surface area contributed by atoms with Gasteiger partial charge >= 0.3 is 0 Å². The largest absolute Gasteiger partial charge is 0.493 e. The van der Waals surface area contributed by atoms with E-state index in [-0.39, 0.29) is 5.56 Å². The second kappa shape index (κ2) is 7.00. The van der Waals surface area contributed by atoms with Crippen molar-refractivity contribution in [1.82, 2.24) is 14.6 Å². The summed E-state index contributed by atoms with van der Waals surface area (Å²) >= 11 is 1.31. The fourth-order valence-electron chi connectivity index (χ4n) is 2.23. The zero-order valence-electron chi connectivity index (χ0n) is 13.9. The van der Waals surface area contributed by atoms with Crippen LogP contribution in [0.1, 0.15) is 25.8 Å². The molecule has 3 aromatic rings. The van der Waals surface area contributed by atoms with E-state index in [9.17, 15) is 4.79 Å². The van der Waals surface area contributed by atoms with E-state index in [1.165, 1.54) is 22.2 Å². The van der Waals surface area contributed by atoms with Gasteiger partial charge < -0.3 is 9.47 Å². The highest BCUT2D eigenvalue weighted by Gasteiger charge is 2.08. The molecule has 0 unspecified atom stereocenters. The SMILES string of the molecule is COc1cc(C=c2sc3ncnn3c2=O)ccc1OCCC(C)C. The highest BCUT2D eigenvalue weighted by molar-refractivity contribution is 7.15. The van der Waals surface area contributed by atoms with Gasteiger partial charge in [0.2, 0.25) is 4.96 Å². The number of nitrogens with zero attached hydrogens (tertiary/aromatic N) is 3. The van der Waals surface area contributed by atoms with E-state index in [4.69, 9.17) is 9.47 Å². The zero-order valence-corrected chi connectivity index (χ0v) is 14.7. The average Bonchev–Trinajstić information content (AvgIpc) is 3.12. The summed E-state index contributed by atoms with van der Waals surface area (Å²) in [6.45, 7) is 4.97. The minimum atomic E-state index is -0.163. The highest BCUT2D eigenvalue weighted by atomic mass is 32.1. The van der Waals surface area contributed by atoms with Gasteiger partial charge in [0, 0.05) is 0 Å². The van der Waals surface area contributed by atoms with Crippen molar-refractivity contribution in [1.29, 1.82) is 0 Å². The lowest BCUT2D eigenvalue weighted by Gasteiger charge is -2.12. The minimum absolute atomic E-state index is 0.163. The number of aromatic nitrogens is 3. The summed E-state index contributed by atoms with van der Waals surface area (Å²) in [5.41, 5.74) is 0.702. The molecule has 126 valence electrons. The maximum atomic E-state index is 12.2. The van der Waals surface area contributed by atoms with Crippen molar-refractivity contribution in [3.05, 3.63) is 45.0 Å². The number of rotatable bonds is 6. The van der Waals surface area contributed by atoms with E-state index in [2.05, 4.69) is 23.9 Å². The number of ether oxygens (including phenoxy) is 2. The molecular weight excluding hydrogens is 326 g/mol. The topological polar surface area (TPSA) is 65.7 Å². The van der Waals surface area contributed by atoms with Gasteiger partial charge in [-0.1, -0.05) is 31.3 Å². The minimum Gasteiger partial charge on any atom is -0.493 e. The highest BCUT2D eigenvalue weighted by Crippen LogP contribution is 2.28. The number of methoxy groups -OCH3 is 1. The summed E-state index contributed by atoms with van der Waals surface area (Å²) < 4.78 is 13.1. The lowest BCUT2D eigenvalue weighted by molar-refractivity contribution is 0.273. The van der Waals surface area contributed by atoms with Crippen LogP contribution in [0.2, 0.25) is 0 Å². The van der Waals surface area contributed by atoms with Gasteiger partial charge in [-0.15, -0.1) is 0 Å². The van der Waals surface area contributed by atoms with E-state index in [0.29, 0.717) is 33.5 Å². The Balaban J connectivity index is 1.89. The maximum Gasteiger partial charge on any atom is 0.291 e. The van der Waals surface area contributed by atoms with Gasteiger partial charge in [-0.2, -0.15) is 9.61 Å². The van der Waals surface area contributed by atoms with Crippen molar-refractivity contribution in [3.8, 4) is 11.5 Å². The Morgan fingerprint density at radius 3 is 2.88 bits per heavy atom. The zero-order chi connectivity index (χ0) is 17.1. The number of thiazole rings is 1. The summed E-state index contributed by atoms with van der Waals surface area (Å²) in [5.74, 6) is 1.95. The van der Waals surface area contributed by atoms with Crippen LogP contribution in [0, 0.1) is 5.92 Å². The molecule has 0 amide bonds. The maximum absolute atomic E-state index is 12.2. The van der Waals surface area contributed by atoms with Gasteiger partial charge in [-0.05, 0) is 36.1 Å².